The maximum Gasteiger partial charge on any atom is 0.245 e. The van der Waals surface area contributed by atoms with Crippen LogP contribution in [0, 0.1) is 11.6 Å². The van der Waals surface area contributed by atoms with Crippen molar-refractivity contribution in [2.24, 2.45) is 5.73 Å². The van der Waals surface area contributed by atoms with Crippen LogP contribution in [0.5, 0.6) is 0 Å². The van der Waals surface area contributed by atoms with Crippen molar-refractivity contribution in [1.29, 1.82) is 0 Å². The van der Waals surface area contributed by atoms with Crippen molar-refractivity contribution < 1.29 is 22.0 Å². The number of nitrogens with two attached hydrogens (primary N) is 1. The molecule has 0 bridgehead atoms. The Bertz CT molecular complexity index is 609. The average Bonchev–Trinajstić information content (AvgIpc) is 2.12. The second-order valence-electron chi connectivity index (χ2n) is 4.29. The molecule has 106 valence electrons. The average molecular weight is 357 g/mol. The molecule has 5 nitrogen and oxygen atoms in total. The normalized spacial score (nSPS) is 12.5. The molecule has 9 heteroatoms. The van der Waals surface area contributed by atoms with Gasteiger partial charge in [-0.1, -0.05) is 0 Å². The van der Waals surface area contributed by atoms with Crippen molar-refractivity contribution in [3.05, 3.63) is 28.2 Å². The summed E-state index contributed by atoms with van der Waals surface area (Å²) >= 11 is 2.76. The Labute approximate surface area is 117 Å². The summed E-state index contributed by atoms with van der Waals surface area (Å²) < 4.78 is 52.1. The fourth-order valence-corrected chi connectivity index (χ4v) is 3.78. The number of nitrogens with one attached hydrogen (secondary N) is 1. The minimum atomic E-state index is -4.38. The Morgan fingerprint density at radius 1 is 1.37 bits per heavy atom. The standard InChI is InChI=1S/C10H11BrF2N2O3S/c1-10(2,9(14)16)15-19(17,18)8-6(11)3-5(12)4-7(8)13/h3-4,15H,1-2H3,(H2,14,16). The fourth-order valence-electron chi connectivity index (χ4n) is 1.22. The van der Waals surface area contributed by atoms with Gasteiger partial charge in [0, 0.05) is 10.5 Å². The molecule has 0 saturated carbocycles. The second-order valence-corrected chi connectivity index (χ2v) is 6.77. The Morgan fingerprint density at radius 3 is 2.32 bits per heavy atom. The molecule has 0 aromatic heterocycles. The number of amides is 1. The quantitative estimate of drug-likeness (QED) is 0.851. The van der Waals surface area contributed by atoms with Crippen LogP contribution in [0.2, 0.25) is 0 Å². The summed E-state index contributed by atoms with van der Waals surface area (Å²) in [6.07, 6.45) is 0. The molecule has 0 radical (unpaired) electrons. The monoisotopic (exact) mass is 356 g/mol. The topological polar surface area (TPSA) is 89.3 Å². The first-order valence-corrected chi connectivity index (χ1v) is 7.23. The van der Waals surface area contributed by atoms with E-state index in [1.165, 1.54) is 13.8 Å². The molecule has 0 aliphatic carbocycles. The molecule has 0 heterocycles. The third-order valence-corrected chi connectivity index (χ3v) is 4.86. The largest absolute Gasteiger partial charge is 0.368 e. The SMILES string of the molecule is CC(C)(NS(=O)(=O)c1c(F)cc(F)cc1Br)C(N)=O. The molecule has 0 aliphatic heterocycles. The predicted molar refractivity (Wildman–Crippen MR) is 67.7 cm³/mol. The lowest BCUT2D eigenvalue weighted by Crippen LogP contribution is -2.53. The van der Waals surface area contributed by atoms with Gasteiger partial charge in [-0.05, 0) is 35.8 Å². The molecule has 1 rings (SSSR count). The van der Waals surface area contributed by atoms with Crippen molar-refractivity contribution >= 4 is 31.9 Å². The minimum Gasteiger partial charge on any atom is -0.368 e. The number of hydrogen-bond acceptors (Lipinski definition) is 3. The zero-order chi connectivity index (χ0) is 15.0. The zero-order valence-corrected chi connectivity index (χ0v) is 12.4. The molecule has 0 aliphatic rings. The Hall–Kier alpha value is -1.06. The summed E-state index contributed by atoms with van der Waals surface area (Å²) in [6.45, 7) is 2.45. The van der Waals surface area contributed by atoms with Gasteiger partial charge in [0.15, 0.2) is 0 Å². The molecular formula is C10H11BrF2N2O3S. The number of hydrogen-bond donors (Lipinski definition) is 2. The number of carbonyl (C=O) groups excluding carboxylic acids is 1. The first-order valence-electron chi connectivity index (χ1n) is 4.96. The van der Waals surface area contributed by atoms with E-state index >= 15 is 0 Å². The summed E-state index contributed by atoms with van der Waals surface area (Å²) in [5.41, 5.74) is 3.41. The molecule has 0 unspecified atom stereocenters. The Kier molecular flexibility index (Phi) is 4.33. The molecule has 0 saturated heterocycles. The van der Waals surface area contributed by atoms with Crippen molar-refractivity contribution in [3.63, 3.8) is 0 Å². The van der Waals surface area contributed by atoms with Crippen LogP contribution < -0.4 is 10.5 Å². The molecule has 1 amide bonds. The lowest BCUT2D eigenvalue weighted by Gasteiger charge is -2.22. The van der Waals surface area contributed by atoms with Crippen LogP contribution in [0.15, 0.2) is 21.5 Å². The van der Waals surface area contributed by atoms with Gasteiger partial charge in [0.1, 0.15) is 22.1 Å². The van der Waals surface area contributed by atoms with E-state index in [9.17, 15) is 22.0 Å². The number of carbonyl (C=O) groups is 1. The van der Waals surface area contributed by atoms with Crippen LogP contribution in [-0.2, 0) is 14.8 Å². The fraction of sp³-hybridized carbons (Fsp3) is 0.300. The molecular weight excluding hydrogens is 346 g/mol. The van der Waals surface area contributed by atoms with Gasteiger partial charge in [0.05, 0.1) is 0 Å². The van der Waals surface area contributed by atoms with Crippen LogP contribution >= 0.6 is 15.9 Å². The lowest BCUT2D eigenvalue weighted by atomic mass is 10.1. The highest BCUT2D eigenvalue weighted by molar-refractivity contribution is 9.10. The van der Waals surface area contributed by atoms with Crippen molar-refractivity contribution in [2.75, 3.05) is 0 Å². The van der Waals surface area contributed by atoms with Gasteiger partial charge in [-0.2, -0.15) is 4.72 Å². The van der Waals surface area contributed by atoms with Crippen LogP contribution in [0.4, 0.5) is 8.78 Å². The highest BCUT2D eigenvalue weighted by Crippen LogP contribution is 2.27. The van der Waals surface area contributed by atoms with Crippen LogP contribution in [-0.4, -0.2) is 19.9 Å². The van der Waals surface area contributed by atoms with Gasteiger partial charge in [-0.3, -0.25) is 4.79 Å². The molecule has 1 aromatic carbocycles. The van der Waals surface area contributed by atoms with E-state index in [2.05, 4.69) is 15.9 Å². The summed E-state index contributed by atoms with van der Waals surface area (Å²) in [7, 11) is -4.38. The van der Waals surface area contributed by atoms with Crippen molar-refractivity contribution in [2.45, 2.75) is 24.3 Å². The third kappa shape index (κ3) is 3.48. The van der Waals surface area contributed by atoms with Gasteiger partial charge >= 0.3 is 0 Å². The number of sulfonamides is 1. The van der Waals surface area contributed by atoms with Gasteiger partial charge < -0.3 is 5.73 Å². The highest BCUT2D eigenvalue weighted by atomic mass is 79.9. The van der Waals surface area contributed by atoms with Crippen LogP contribution in [0.1, 0.15) is 13.8 Å². The van der Waals surface area contributed by atoms with E-state index in [4.69, 9.17) is 5.73 Å². The van der Waals surface area contributed by atoms with E-state index < -0.39 is 38.0 Å². The highest BCUT2D eigenvalue weighted by Gasteiger charge is 2.34. The van der Waals surface area contributed by atoms with E-state index in [0.29, 0.717) is 6.07 Å². The molecule has 1 aromatic rings. The Balaban J connectivity index is 3.34. The lowest BCUT2D eigenvalue weighted by molar-refractivity contribution is -0.122. The Morgan fingerprint density at radius 2 is 1.89 bits per heavy atom. The van der Waals surface area contributed by atoms with Crippen LogP contribution in [0.3, 0.4) is 0 Å². The second kappa shape index (κ2) is 5.14. The van der Waals surface area contributed by atoms with E-state index in [-0.39, 0.29) is 4.47 Å². The van der Waals surface area contributed by atoms with Gasteiger partial charge in [0.25, 0.3) is 0 Å². The summed E-state index contributed by atoms with van der Waals surface area (Å²) in [5.74, 6) is -3.15. The maximum atomic E-state index is 13.6. The predicted octanol–water partition coefficient (Wildman–Crippen LogP) is 1.27. The minimum absolute atomic E-state index is 0.294. The van der Waals surface area contributed by atoms with Crippen molar-refractivity contribution in [3.8, 4) is 0 Å². The first kappa shape index (κ1) is 16.0. The van der Waals surface area contributed by atoms with Crippen molar-refractivity contribution in [1.82, 2.24) is 4.72 Å². The summed E-state index contributed by atoms with van der Waals surface area (Å²) in [5, 5.41) is 0. The van der Waals surface area contributed by atoms with Gasteiger partial charge in [0.2, 0.25) is 15.9 Å². The molecule has 3 N–H and O–H groups in total. The summed E-state index contributed by atoms with van der Waals surface area (Å²) in [4.78, 5) is 10.3. The number of halogens is 3. The molecule has 0 atom stereocenters. The van der Waals surface area contributed by atoms with Gasteiger partial charge in [-0.15, -0.1) is 0 Å². The molecule has 0 fully saturated rings. The van der Waals surface area contributed by atoms with E-state index in [1.54, 1.807) is 0 Å². The smallest absolute Gasteiger partial charge is 0.245 e. The van der Waals surface area contributed by atoms with Crippen LogP contribution in [0.25, 0.3) is 0 Å². The van der Waals surface area contributed by atoms with E-state index in [1.807, 2.05) is 4.72 Å². The molecule has 0 spiro atoms. The van der Waals surface area contributed by atoms with Gasteiger partial charge in [-0.25, -0.2) is 17.2 Å². The number of benzene rings is 1. The molecule has 19 heavy (non-hydrogen) atoms. The maximum absolute atomic E-state index is 13.6. The summed E-state index contributed by atoms with van der Waals surface area (Å²) in [6, 6.07) is 1.23. The number of rotatable bonds is 4. The van der Waals surface area contributed by atoms with E-state index in [0.717, 1.165) is 6.07 Å². The number of primary amides is 1. The first-order chi connectivity index (χ1) is 8.47. The third-order valence-electron chi connectivity index (χ3n) is 2.24. The zero-order valence-electron chi connectivity index (χ0n) is 10.00.